The van der Waals surface area contributed by atoms with Crippen molar-refractivity contribution < 1.29 is 8.42 Å². The Labute approximate surface area is 148 Å². The molecule has 1 N–H and O–H groups in total. The van der Waals surface area contributed by atoms with Gasteiger partial charge in [0.2, 0.25) is 0 Å². The van der Waals surface area contributed by atoms with Gasteiger partial charge in [-0.2, -0.15) is 0 Å². The Hall–Kier alpha value is -1.46. The first-order chi connectivity index (χ1) is 10.9. The summed E-state index contributed by atoms with van der Waals surface area (Å²) in [6, 6.07) is 14.9. The first-order valence-electron chi connectivity index (χ1n) is 6.53. The molecule has 0 aliphatic carbocycles. The number of hydrogen-bond acceptors (Lipinski definition) is 2. The fourth-order valence-corrected chi connectivity index (χ4v) is 4.32. The summed E-state index contributed by atoms with van der Waals surface area (Å²) in [5.41, 5.74) is 0.320. The van der Waals surface area contributed by atoms with Crippen LogP contribution in [0.4, 0.5) is 5.69 Å². The van der Waals surface area contributed by atoms with Gasteiger partial charge in [0.05, 0.1) is 15.6 Å². The van der Waals surface area contributed by atoms with E-state index in [1.165, 1.54) is 18.2 Å². The first-order valence-corrected chi connectivity index (χ1v) is 9.15. The highest BCUT2D eigenvalue weighted by atomic mass is 35.5. The van der Waals surface area contributed by atoms with Gasteiger partial charge in [0.15, 0.2) is 0 Å². The van der Waals surface area contributed by atoms with E-state index in [0.717, 1.165) is 5.39 Å². The molecule has 0 bridgehead atoms. The van der Waals surface area contributed by atoms with E-state index in [9.17, 15) is 8.42 Å². The smallest absolute Gasteiger partial charge is 0.262 e. The topological polar surface area (TPSA) is 46.2 Å². The van der Waals surface area contributed by atoms with Crippen LogP contribution in [0, 0.1) is 0 Å². The number of halogens is 3. The van der Waals surface area contributed by atoms with Crippen LogP contribution in [0.5, 0.6) is 0 Å². The number of rotatable bonds is 3. The van der Waals surface area contributed by atoms with Gasteiger partial charge in [0, 0.05) is 15.4 Å². The number of benzene rings is 3. The minimum absolute atomic E-state index is 0.0287. The number of hydrogen-bond donors (Lipinski definition) is 1. The Morgan fingerprint density at radius 1 is 0.826 bits per heavy atom. The van der Waals surface area contributed by atoms with Gasteiger partial charge < -0.3 is 0 Å². The van der Waals surface area contributed by atoms with Gasteiger partial charge in [-0.05, 0) is 29.7 Å². The zero-order chi connectivity index (χ0) is 16.6. The van der Waals surface area contributed by atoms with Crippen molar-refractivity contribution in [3.63, 3.8) is 0 Å². The molecule has 23 heavy (non-hydrogen) atoms. The number of nitrogens with one attached hydrogen (secondary N) is 1. The molecule has 0 aliphatic heterocycles. The van der Waals surface area contributed by atoms with E-state index in [-0.39, 0.29) is 14.9 Å². The molecule has 0 unspecified atom stereocenters. The van der Waals surface area contributed by atoms with E-state index in [1.807, 2.05) is 24.3 Å². The van der Waals surface area contributed by atoms with Crippen molar-refractivity contribution in [3.05, 3.63) is 69.7 Å². The van der Waals surface area contributed by atoms with E-state index in [1.54, 1.807) is 12.1 Å². The molecule has 0 heterocycles. The molecular formula is C16H10Cl3NO2S. The summed E-state index contributed by atoms with van der Waals surface area (Å²) in [5.74, 6) is 0. The fraction of sp³-hybridized carbons (Fsp3) is 0. The third kappa shape index (κ3) is 3.40. The van der Waals surface area contributed by atoms with Crippen LogP contribution in [0.1, 0.15) is 0 Å². The van der Waals surface area contributed by atoms with Crippen molar-refractivity contribution >= 4 is 61.3 Å². The summed E-state index contributed by atoms with van der Waals surface area (Å²) < 4.78 is 27.8. The monoisotopic (exact) mass is 385 g/mol. The van der Waals surface area contributed by atoms with Crippen LogP contribution in [-0.4, -0.2) is 8.42 Å². The van der Waals surface area contributed by atoms with Crippen LogP contribution in [-0.2, 0) is 10.0 Å². The lowest BCUT2D eigenvalue weighted by Crippen LogP contribution is -2.13. The van der Waals surface area contributed by atoms with Crippen LogP contribution >= 0.6 is 34.8 Å². The predicted molar refractivity (Wildman–Crippen MR) is 96.2 cm³/mol. The van der Waals surface area contributed by atoms with Crippen molar-refractivity contribution in [3.8, 4) is 0 Å². The standard InChI is InChI=1S/C16H10Cl3NO2S/c17-11-7-12(18)9-13(8-11)23(21,22)20-16-14-4-2-1-3-10(14)5-6-15(16)19/h1-9,20H. The third-order valence-electron chi connectivity index (χ3n) is 3.26. The molecule has 0 aromatic heterocycles. The Bertz CT molecular complexity index is 983. The molecule has 118 valence electrons. The van der Waals surface area contributed by atoms with Gasteiger partial charge in [-0.1, -0.05) is 65.1 Å². The molecule has 0 saturated carbocycles. The second-order valence-electron chi connectivity index (χ2n) is 4.85. The zero-order valence-corrected chi connectivity index (χ0v) is 14.6. The highest BCUT2D eigenvalue weighted by Gasteiger charge is 2.18. The van der Waals surface area contributed by atoms with E-state index >= 15 is 0 Å². The maximum atomic E-state index is 12.6. The normalized spacial score (nSPS) is 11.6. The summed E-state index contributed by atoms with van der Waals surface area (Å²) >= 11 is 17.9. The van der Waals surface area contributed by atoms with Crippen LogP contribution in [0.25, 0.3) is 10.8 Å². The van der Waals surface area contributed by atoms with Gasteiger partial charge in [-0.15, -0.1) is 0 Å². The third-order valence-corrected chi connectivity index (χ3v) is 5.34. The molecule has 3 aromatic rings. The maximum Gasteiger partial charge on any atom is 0.262 e. The highest BCUT2D eigenvalue weighted by molar-refractivity contribution is 7.92. The molecule has 0 spiro atoms. The summed E-state index contributed by atoms with van der Waals surface area (Å²) in [4.78, 5) is -0.0287. The van der Waals surface area contributed by atoms with Crippen molar-refractivity contribution in [2.24, 2.45) is 0 Å². The first kappa shape index (κ1) is 16.4. The lowest BCUT2D eigenvalue weighted by molar-refractivity contribution is 0.601. The Kier molecular flexibility index (Phi) is 4.43. The highest BCUT2D eigenvalue weighted by Crippen LogP contribution is 2.33. The fourth-order valence-electron chi connectivity index (χ4n) is 2.23. The van der Waals surface area contributed by atoms with Crippen molar-refractivity contribution in [2.45, 2.75) is 4.90 Å². The summed E-state index contributed by atoms with van der Waals surface area (Å²) in [5, 5.41) is 2.36. The molecule has 3 aromatic carbocycles. The summed E-state index contributed by atoms with van der Waals surface area (Å²) in [7, 11) is -3.88. The van der Waals surface area contributed by atoms with E-state index in [2.05, 4.69) is 4.72 Å². The molecule has 0 fully saturated rings. The molecule has 3 nitrogen and oxygen atoms in total. The molecule has 0 amide bonds. The molecule has 0 atom stereocenters. The Morgan fingerprint density at radius 2 is 1.48 bits per heavy atom. The number of fused-ring (bicyclic) bond motifs is 1. The van der Waals surface area contributed by atoms with E-state index in [0.29, 0.717) is 16.1 Å². The molecule has 0 saturated heterocycles. The second kappa shape index (κ2) is 6.21. The van der Waals surface area contributed by atoms with Crippen LogP contribution in [0.15, 0.2) is 59.5 Å². The van der Waals surface area contributed by atoms with E-state index < -0.39 is 10.0 Å². The van der Waals surface area contributed by atoms with Crippen LogP contribution in [0.2, 0.25) is 15.1 Å². The molecular weight excluding hydrogens is 377 g/mol. The number of sulfonamides is 1. The lowest BCUT2D eigenvalue weighted by Gasteiger charge is -2.13. The summed E-state index contributed by atoms with van der Waals surface area (Å²) in [6.07, 6.45) is 0. The zero-order valence-electron chi connectivity index (χ0n) is 11.6. The van der Waals surface area contributed by atoms with E-state index in [4.69, 9.17) is 34.8 Å². The molecule has 0 aliphatic rings. The largest absolute Gasteiger partial charge is 0.277 e. The van der Waals surface area contributed by atoms with Crippen molar-refractivity contribution in [1.29, 1.82) is 0 Å². The Morgan fingerprint density at radius 3 is 2.17 bits per heavy atom. The Balaban J connectivity index is 2.12. The van der Waals surface area contributed by atoms with Gasteiger partial charge in [0.25, 0.3) is 10.0 Å². The van der Waals surface area contributed by atoms with Crippen LogP contribution in [0.3, 0.4) is 0 Å². The quantitative estimate of drug-likeness (QED) is 0.636. The van der Waals surface area contributed by atoms with Crippen molar-refractivity contribution in [1.82, 2.24) is 0 Å². The van der Waals surface area contributed by atoms with Gasteiger partial charge >= 0.3 is 0 Å². The second-order valence-corrected chi connectivity index (χ2v) is 7.82. The van der Waals surface area contributed by atoms with Gasteiger partial charge in [-0.25, -0.2) is 8.42 Å². The van der Waals surface area contributed by atoms with Crippen molar-refractivity contribution in [2.75, 3.05) is 4.72 Å². The average molecular weight is 387 g/mol. The molecule has 0 radical (unpaired) electrons. The van der Waals surface area contributed by atoms with Crippen LogP contribution < -0.4 is 4.72 Å². The average Bonchev–Trinajstić information content (AvgIpc) is 2.49. The van der Waals surface area contributed by atoms with Gasteiger partial charge in [-0.3, -0.25) is 4.72 Å². The molecule has 3 rings (SSSR count). The minimum Gasteiger partial charge on any atom is -0.277 e. The number of anilines is 1. The molecule has 7 heteroatoms. The SMILES string of the molecule is O=S(=O)(Nc1c(Cl)ccc2ccccc12)c1cc(Cl)cc(Cl)c1. The maximum absolute atomic E-state index is 12.6. The summed E-state index contributed by atoms with van der Waals surface area (Å²) in [6.45, 7) is 0. The minimum atomic E-state index is -3.88. The van der Waals surface area contributed by atoms with Gasteiger partial charge in [0.1, 0.15) is 0 Å². The lowest BCUT2D eigenvalue weighted by atomic mass is 10.1. The predicted octanol–water partition coefficient (Wildman–Crippen LogP) is 5.60.